The lowest BCUT2D eigenvalue weighted by Crippen LogP contribution is -2.31. The first-order chi connectivity index (χ1) is 14.1. The Bertz CT molecular complexity index is 1180. The number of hydrogen-bond acceptors (Lipinski definition) is 5. The highest BCUT2D eigenvalue weighted by molar-refractivity contribution is 7.22. The molecule has 5 nitrogen and oxygen atoms in total. The van der Waals surface area contributed by atoms with Crippen LogP contribution in [-0.2, 0) is 6.54 Å². The van der Waals surface area contributed by atoms with E-state index in [1.54, 1.807) is 37.6 Å². The summed E-state index contributed by atoms with van der Waals surface area (Å²) >= 11 is 1.28. The van der Waals surface area contributed by atoms with Crippen molar-refractivity contribution < 1.29 is 18.3 Å². The van der Waals surface area contributed by atoms with Gasteiger partial charge in [-0.05, 0) is 36.4 Å². The predicted molar refractivity (Wildman–Crippen MR) is 107 cm³/mol. The van der Waals surface area contributed by atoms with Crippen molar-refractivity contribution in [3.05, 3.63) is 83.7 Å². The van der Waals surface area contributed by atoms with E-state index >= 15 is 0 Å². The number of carbonyl (C=O) groups is 1. The molecule has 8 heteroatoms. The van der Waals surface area contributed by atoms with Gasteiger partial charge in [-0.15, -0.1) is 0 Å². The standard InChI is InChI=1S/C21H15F2N3O2S/c1-28-17-6-4-7-18-19(17)25-21(29-18)26(12-14-5-2-3-10-24-14)20(27)15-9-8-13(22)11-16(15)23/h2-11H,12H2,1H3. The summed E-state index contributed by atoms with van der Waals surface area (Å²) in [4.78, 5) is 23.3. The number of amides is 1. The van der Waals surface area contributed by atoms with E-state index in [0.29, 0.717) is 28.2 Å². The Morgan fingerprint density at radius 2 is 2.00 bits per heavy atom. The molecule has 0 spiro atoms. The van der Waals surface area contributed by atoms with E-state index in [2.05, 4.69) is 9.97 Å². The molecule has 0 N–H and O–H groups in total. The highest BCUT2D eigenvalue weighted by Gasteiger charge is 2.25. The lowest BCUT2D eigenvalue weighted by molar-refractivity contribution is 0.0981. The third-order valence-corrected chi connectivity index (χ3v) is 5.32. The van der Waals surface area contributed by atoms with Gasteiger partial charge in [-0.3, -0.25) is 14.7 Å². The number of para-hydroxylation sites is 1. The molecule has 2 heterocycles. The Balaban J connectivity index is 1.81. The van der Waals surface area contributed by atoms with Gasteiger partial charge in [0.2, 0.25) is 0 Å². The molecule has 4 rings (SSSR count). The summed E-state index contributed by atoms with van der Waals surface area (Å²) < 4.78 is 33.8. The molecule has 2 aromatic carbocycles. The molecule has 0 bridgehead atoms. The maximum absolute atomic E-state index is 14.3. The average molecular weight is 411 g/mol. The van der Waals surface area contributed by atoms with Crippen molar-refractivity contribution in [3.63, 3.8) is 0 Å². The van der Waals surface area contributed by atoms with Crippen molar-refractivity contribution in [3.8, 4) is 5.75 Å². The van der Waals surface area contributed by atoms with E-state index in [1.807, 2.05) is 12.1 Å². The van der Waals surface area contributed by atoms with Gasteiger partial charge in [0.05, 0.1) is 29.6 Å². The fourth-order valence-corrected chi connectivity index (χ4v) is 3.86. The number of aromatic nitrogens is 2. The topological polar surface area (TPSA) is 55.3 Å². The third kappa shape index (κ3) is 3.79. The van der Waals surface area contributed by atoms with Gasteiger partial charge in [0, 0.05) is 12.3 Å². The number of ether oxygens (including phenoxy) is 1. The van der Waals surface area contributed by atoms with Gasteiger partial charge < -0.3 is 4.74 Å². The van der Waals surface area contributed by atoms with Crippen molar-refractivity contribution in [2.45, 2.75) is 6.54 Å². The average Bonchev–Trinajstić information content (AvgIpc) is 3.16. The first-order valence-electron chi connectivity index (χ1n) is 8.67. The molecule has 1 amide bonds. The number of pyridine rings is 1. The molecule has 0 saturated carbocycles. The monoisotopic (exact) mass is 411 g/mol. The molecular weight excluding hydrogens is 396 g/mol. The van der Waals surface area contributed by atoms with Gasteiger partial charge in [-0.1, -0.05) is 23.5 Å². The van der Waals surface area contributed by atoms with Crippen LogP contribution in [0.15, 0.2) is 60.8 Å². The normalized spacial score (nSPS) is 10.9. The minimum atomic E-state index is -0.931. The zero-order valence-electron chi connectivity index (χ0n) is 15.3. The number of hydrogen-bond donors (Lipinski definition) is 0. The Labute approximate surface area is 169 Å². The summed E-state index contributed by atoms with van der Waals surface area (Å²) in [7, 11) is 1.54. The van der Waals surface area contributed by atoms with E-state index in [9.17, 15) is 13.6 Å². The van der Waals surface area contributed by atoms with Gasteiger partial charge in [0.25, 0.3) is 5.91 Å². The van der Waals surface area contributed by atoms with Crippen LogP contribution in [0.4, 0.5) is 13.9 Å². The molecule has 0 fully saturated rings. The zero-order valence-corrected chi connectivity index (χ0v) is 16.1. The second kappa shape index (κ2) is 7.92. The summed E-state index contributed by atoms with van der Waals surface area (Å²) in [6.45, 7) is 0.0820. The first kappa shape index (κ1) is 18.9. The summed E-state index contributed by atoms with van der Waals surface area (Å²) in [6.07, 6.45) is 1.61. The zero-order chi connectivity index (χ0) is 20.4. The fourth-order valence-electron chi connectivity index (χ4n) is 2.88. The Hall–Kier alpha value is -3.39. The van der Waals surface area contributed by atoms with Crippen molar-refractivity contribution in [1.29, 1.82) is 0 Å². The van der Waals surface area contributed by atoms with Crippen molar-refractivity contribution >= 4 is 32.6 Å². The van der Waals surface area contributed by atoms with Crippen LogP contribution in [0.2, 0.25) is 0 Å². The lowest BCUT2D eigenvalue weighted by Gasteiger charge is -2.20. The van der Waals surface area contributed by atoms with Crippen LogP contribution >= 0.6 is 11.3 Å². The van der Waals surface area contributed by atoms with Crippen molar-refractivity contribution in [2.24, 2.45) is 0 Å². The summed E-state index contributed by atoms with van der Waals surface area (Å²) in [5.74, 6) is -1.74. The molecule has 0 saturated heterocycles. The second-order valence-corrected chi connectivity index (χ2v) is 7.15. The van der Waals surface area contributed by atoms with Crippen molar-refractivity contribution in [1.82, 2.24) is 9.97 Å². The Kier molecular flexibility index (Phi) is 5.18. The second-order valence-electron chi connectivity index (χ2n) is 6.14. The molecule has 4 aromatic rings. The molecule has 0 aliphatic heterocycles. The van der Waals surface area contributed by atoms with E-state index in [0.717, 1.165) is 16.8 Å². The largest absolute Gasteiger partial charge is 0.494 e. The molecule has 29 heavy (non-hydrogen) atoms. The van der Waals surface area contributed by atoms with Crippen LogP contribution in [0.5, 0.6) is 5.75 Å². The van der Waals surface area contributed by atoms with Crippen LogP contribution in [-0.4, -0.2) is 23.0 Å². The maximum Gasteiger partial charge on any atom is 0.263 e. The van der Waals surface area contributed by atoms with Gasteiger partial charge in [0.1, 0.15) is 22.9 Å². The van der Waals surface area contributed by atoms with Gasteiger partial charge in [-0.2, -0.15) is 0 Å². The third-order valence-electron chi connectivity index (χ3n) is 4.27. The maximum atomic E-state index is 14.3. The van der Waals surface area contributed by atoms with E-state index in [1.165, 1.54) is 16.2 Å². The highest BCUT2D eigenvalue weighted by atomic mass is 32.1. The van der Waals surface area contributed by atoms with Gasteiger partial charge >= 0.3 is 0 Å². The molecule has 0 radical (unpaired) electrons. The SMILES string of the molecule is COc1cccc2sc(N(Cc3ccccn3)C(=O)c3ccc(F)cc3F)nc12. The summed E-state index contributed by atoms with van der Waals surface area (Å²) in [6, 6.07) is 13.7. The van der Waals surface area contributed by atoms with Crippen LogP contribution in [0.1, 0.15) is 16.1 Å². The Morgan fingerprint density at radius 3 is 2.72 bits per heavy atom. The lowest BCUT2D eigenvalue weighted by atomic mass is 10.1. The molecule has 146 valence electrons. The molecule has 0 aliphatic carbocycles. The highest BCUT2D eigenvalue weighted by Crippen LogP contribution is 2.35. The molecule has 2 aromatic heterocycles. The number of anilines is 1. The minimum Gasteiger partial charge on any atom is -0.494 e. The van der Waals surface area contributed by atoms with Crippen LogP contribution in [0, 0.1) is 11.6 Å². The quantitative estimate of drug-likeness (QED) is 0.472. The van der Waals surface area contributed by atoms with Gasteiger partial charge in [0.15, 0.2) is 5.13 Å². The summed E-state index contributed by atoms with van der Waals surface area (Å²) in [5, 5.41) is 0.365. The Morgan fingerprint density at radius 1 is 1.14 bits per heavy atom. The molecular formula is C21H15F2N3O2S. The number of nitrogens with zero attached hydrogens (tertiary/aromatic N) is 3. The van der Waals surface area contributed by atoms with Crippen LogP contribution in [0.3, 0.4) is 0 Å². The van der Waals surface area contributed by atoms with Crippen LogP contribution < -0.4 is 9.64 Å². The number of rotatable bonds is 5. The number of carbonyl (C=O) groups excluding carboxylic acids is 1. The smallest absolute Gasteiger partial charge is 0.263 e. The van der Waals surface area contributed by atoms with Crippen LogP contribution in [0.25, 0.3) is 10.2 Å². The number of thiazole rings is 1. The fraction of sp³-hybridized carbons (Fsp3) is 0.0952. The first-order valence-corrected chi connectivity index (χ1v) is 9.49. The van der Waals surface area contributed by atoms with E-state index in [4.69, 9.17) is 4.74 Å². The number of halogens is 2. The summed E-state index contributed by atoms with van der Waals surface area (Å²) in [5.41, 5.74) is 0.969. The molecule has 0 atom stereocenters. The molecule has 0 unspecified atom stereocenters. The number of benzene rings is 2. The molecule has 0 aliphatic rings. The number of methoxy groups -OCH3 is 1. The van der Waals surface area contributed by atoms with Crippen molar-refractivity contribution in [2.75, 3.05) is 12.0 Å². The minimum absolute atomic E-state index is 0.0820. The predicted octanol–water partition coefficient (Wildman–Crippen LogP) is 4.83. The number of fused-ring (bicyclic) bond motifs is 1. The van der Waals surface area contributed by atoms with E-state index < -0.39 is 17.5 Å². The van der Waals surface area contributed by atoms with Gasteiger partial charge in [-0.25, -0.2) is 13.8 Å². The van der Waals surface area contributed by atoms with E-state index in [-0.39, 0.29) is 12.1 Å².